The molecule has 1 heterocycles. The van der Waals surface area contributed by atoms with Gasteiger partial charge in [0.05, 0.1) is 12.0 Å². The number of aliphatic carboxylic acids is 1. The molecule has 1 saturated heterocycles. The molecule has 17 heavy (non-hydrogen) atoms. The van der Waals surface area contributed by atoms with Gasteiger partial charge >= 0.3 is 12.0 Å². The van der Waals surface area contributed by atoms with Crippen molar-refractivity contribution < 1.29 is 19.4 Å². The summed E-state index contributed by atoms with van der Waals surface area (Å²) in [5, 5.41) is 11.7. The van der Waals surface area contributed by atoms with Gasteiger partial charge in [-0.1, -0.05) is 0 Å². The molecule has 1 unspecified atom stereocenters. The van der Waals surface area contributed by atoms with E-state index < -0.39 is 11.4 Å². The second kappa shape index (κ2) is 5.86. The summed E-state index contributed by atoms with van der Waals surface area (Å²) in [5.41, 5.74) is -0.808. The molecule has 1 atom stereocenters. The van der Waals surface area contributed by atoms with Gasteiger partial charge in [-0.05, 0) is 20.3 Å². The minimum absolute atomic E-state index is 0.213. The number of urea groups is 1. The molecule has 0 bridgehead atoms. The molecule has 1 aliphatic rings. The third-order valence-corrected chi connectivity index (χ3v) is 3.00. The van der Waals surface area contributed by atoms with Gasteiger partial charge in [0.1, 0.15) is 0 Å². The SMILES string of the molecule is CCOCCNC(=O)N1CCC(C)(C(=O)O)C1. The van der Waals surface area contributed by atoms with Crippen LogP contribution in [0.4, 0.5) is 4.79 Å². The molecule has 0 saturated carbocycles. The van der Waals surface area contributed by atoms with E-state index in [0.29, 0.717) is 32.7 Å². The number of ether oxygens (including phenoxy) is 1. The van der Waals surface area contributed by atoms with Crippen LogP contribution in [0, 0.1) is 5.41 Å². The summed E-state index contributed by atoms with van der Waals surface area (Å²) < 4.78 is 5.10. The first-order valence-corrected chi connectivity index (χ1v) is 5.83. The largest absolute Gasteiger partial charge is 0.481 e. The molecule has 1 rings (SSSR count). The fourth-order valence-electron chi connectivity index (χ4n) is 1.80. The van der Waals surface area contributed by atoms with Crippen molar-refractivity contribution in [3.05, 3.63) is 0 Å². The average molecular weight is 244 g/mol. The Balaban J connectivity index is 2.33. The van der Waals surface area contributed by atoms with Crippen LogP contribution in [-0.4, -0.2) is 54.9 Å². The second-order valence-electron chi connectivity index (χ2n) is 4.47. The lowest BCUT2D eigenvalue weighted by Gasteiger charge is -2.20. The minimum Gasteiger partial charge on any atom is -0.481 e. The molecule has 6 nitrogen and oxygen atoms in total. The number of carboxylic acid groups (broad SMARTS) is 1. The monoisotopic (exact) mass is 244 g/mol. The number of rotatable bonds is 5. The number of carbonyl (C=O) groups is 2. The number of likely N-dealkylation sites (tertiary alicyclic amines) is 1. The lowest BCUT2D eigenvalue weighted by molar-refractivity contribution is -0.146. The van der Waals surface area contributed by atoms with Crippen LogP contribution in [0.3, 0.4) is 0 Å². The van der Waals surface area contributed by atoms with Crippen molar-refractivity contribution in [2.75, 3.05) is 32.8 Å². The van der Waals surface area contributed by atoms with E-state index in [0.717, 1.165) is 0 Å². The van der Waals surface area contributed by atoms with Gasteiger partial charge in [0.25, 0.3) is 0 Å². The quantitative estimate of drug-likeness (QED) is 0.691. The maximum Gasteiger partial charge on any atom is 0.317 e. The topological polar surface area (TPSA) is 78.9 Å². The first kappa shape index (κ1) is 13.8. The molecule has 0 aromatic heterocycles. The van der Waals surface area contributed by atoms with E-state index in [2.05, 4.69) is 5.32 Å². The van der Waals surface area contributed by atoms with Gasteiger partial charge in [-0.25, -0.2) is 4.79 Å². The number of hydrogen-bond acceptors (Lipinski definition) is 3. The van der Waals surface area contributed by atoms with Crippen LogP contribution in [-0.2, 0) is 9.53 Å². The molecule has 6 heteroatoms. The zero-order chi connectivity index (χ0) is 12.9. The van der Waals surface area contributed by atoms with Crippen LogP contribution in [0.15, 0.2) is 0 Å². The van der Waals surface area contributed by atoms with Crippen molar-refractivity contribution in [1.29, 1.82) is 0 Å². The zero-order valence-electron chi connectivity index (χ0n) is 10.4. The van der Waals surface area contributed by atoms with E-state index in [1.165, 1.54) is 0 Å². The Kier molecular flexibility index (Phi) is 4.74. The summed E-state index contributed by atoms with van der Waals surface area (Å²) in [6.07, 6.45) is 0.501. The summed E-state index contributed by atoms with van der Waals surface area (Å²) in [4.78, 5) is 24.2. The highest BCUT2D eigenvalue weighted by molar-refractivity contribution is 5.79. The van der Waals surface area contributed by atoms with E-state index in [4.69, 9.17) is 9.84 Å². The van der Waals surface area contributed by atoms with Crippen LogP contribution in [0.2, 0.25) is 0 Å². The Morgan fingerprint density at radius 2 is 2.24 bits per heavy atom. The lowest BCUT2D eigenvalue weighted by atomic mass is 9.90. The van der Waals surface area contributed by atoms with Gasteiger partial charge in [0.2, 0.25) is 0 Å². The van der Waals surface area contributed by atoms with Crippen molar-refractivity contribution in [2.45, 2.75) is 20.3 Å². The number of carbonyl (C=O) groups excluding carboxylic acids is 1. The van der Waals surface area contributed by atoms with Crippen molar-refractivity contribution in [2.24, 2.45) is 5.41 Å². The molecule has 0 radical (unpaired) electrons. The fraction of sp³-hybridized carbons (Fsp3) is 0.818. The predicted molar refractivity (Wildman–Crippen MR) is 61.8 cm³/mol. The van der Waals surface area contributed by atoms with Crippen LogP contribution >= 0.6 is 0 Å². The maximum atomic E-state index is 11.7. The molecule has 0 spiro atoms. The second-order valence-corrected chi connectivity index (χ2v) is 4.47. The molecule has 0 aliphatic carbocycles. The minimum atomic E-state index is -0.845. The van der Waals surface area contributed by atoms with Crippen LogP contribution in [0.5, 0.6) is 0 Å². The Bertz CT molecular complexity index is 295. The van der Waals surface area contributed by atoms with Crippen LogP contribution < -0.4 is 5.32 Å². The molecule has 0 aromatic carbocycles. The molecule has 1 aliphatic heterocycles. The molecular weight excluding hydrogens is 224 g/mol. The number of hydrogen-bond donors (Lipinski definition) is 2. The highest BCUT2D eigenvalue weighted by Gasteiger charge is 2.42. The average Bonchev–Trinajstić information content (AvgIpc) is 2.69. The third-order valence-electron chi connectivity index (χ3n) is 3.00. The number of amides is 2. The Morgan fingerprint density at radius 1 is 1.53 bits per heavy atom. The normalized spacial score (nSPS) is 23.8. The maximum absolute atomic E-state index is 11.7. The van der Waals surface area contributed by atoms with E-state index in [1.54, 1.807) is 11.8 Å². The first-order chi connectivity index (χ1) is 7.99. The molecular formula is C11H20N2O4. The zero-order valence-corrected chi connectivity index (χ0v) is 10.4. The van der Waals surface area contributed by atoms with Crippen molar-refractivity contribution in [3.8, 4) is 0 Å². The number of nitrogens with zero attached hydrogens (tertiary/aromatic N) is 1. The van der Waals surface area contributed by atoms with E-state index in [9.17, 15) is 9.59 Å². The Hall–Kier alpha value is -1.30. The Morgan fingerprint density at radius 3 is 2.76 bits per heavy atom. The Labute approximate surface area is 101 Å². The van der Waals surface area contributed by atoms with E-state index in [-0.39, 0.29) is 12.6 Å². The standard InChI is InChI=1S/C11H20N2O4/c1-3-17-7-5-12-10(16)13-6-4-11(2,8-13)9(14)15/h3-8H2,1-2H3,(H,12,16)(H,14,15). The van der Waals surface area contributed by atoms with E-state index >= 15 is 0 Å². The summed E-state index contributed by atoms with van der Waals surface area (Å²) in [5.74, 6) is -0.845. The van der Waals surface area contributed by atoms with Crippen LogP contribution in [0.25, 0.3) is 0 Å². The predicted octanol–water partition coefficient (Wildman–Crippen LogP) is 0.529. The summed E-state index contributed by atoms with van der Waals surface area (Å²) in [6.45, 7) is 5.87. The van der Waals surface area contributed by atoms with Crippen molar-refractivity contribution in [3.63, 3.8) is 0 Å². The highest BCUT2D eigenvalue weighted by Crippen LogP contribution is 2.29. The molecule has 2 N–H and O–H groups in total. The number of nitrogens with one attached hydrogen (secondary N) is 1. The third kappa shape index (κ3) is 3.59. The van der Waals surface area contributed by atoms with Gasteiger partial charge < -0.3 is 20.1 Å². The smallest absolute Gasteiger partial charge is 0.317 e. The fourth-order valence-corrected chi connectivity index (χ4v) is 1.80. The van der Waals surface area contributed by atoms with Gasteiger partial charge in [-0.15, -0.1) is 0 Å². The summed E-state index contributed by atoms with van der Waals surface area (Å²) in [6, 6.07) is -0.213. The summed E-state index contributed by atoms with van der Waals surface area (Å²) in [7, 11) is 0. The van der Waals surface area contributed by atoms with Gasteiger partial charge in [-0.3, -0.25) is 4.79 Å². The molecule has 98 valence electrons. The van der Waals surface area contributed by atoms with Gasteiger partial charge in [0.15, 0.2) is 0 Å². The molecule has 2 amide bonds. The first-order valence-electron chi connectivity index (χ1n) is 5.83. The van der Waals surface area contributed by atoms with Gasteiger partial charge in [-0.2, -0.15) is 0 Å². The van der Waals surface area contributed by atoms with Crippen molar-refractivity contribution in [1.82, 2.24) is 10.2 Å². The lowest BCUT2D eigenvalue weighted by Crippen LogP contribution is -2.41. The van der Waals surface area contributed by atoms with E-state index in [1.807, 2.05) is 6.92 Å². The number of carboxylic acids is 1. The van der Waals surface area contributed by atoms with Crippen molar-refractivity contribution >= 4 is 12.0 Å². The molecule has 1 fully saturated rings. The van der Waals surface area contributed by atoms with Crippen LogP contribution in [0.1, 0.15) is 20.3 Å². The highest BCUT2D eigenvalue weighted by atomic mass is 16.5. The summed E-state index contributed by atoms with van der Waals surface area (Å²) >= 11 is 0. The van der Waals surface area contributed by atoms with Gasteiger partial charge in [0, 0.05) is 26.2 Å². The molecule has 0 aromatic rings.